The van der Waals surface area contributed by atoms with Gasteiger partial charge in [0.05, 0.1) is 5.69 Å². The molecule has 0 saturated heterocycles. The number of nitrogens with zero attached hydrogens (tertiary/aromatic N) is 2. The maximum atomic E-state index is 11.7. The van der Waals surface area contributed by atoms with E-state index in [2.05, 4.69) is 10.4 Å². The molecule has 0 aromatic carbocycles. The van der Waals surface area contributed by atoms with Crippen LogP contribution in [0.3, 0.4) is 0 Å². The van der Waals surface area contributed by atoms with Gasteiger partial charge >= 0.3 is 0 Å². The third-order valence-electron chi connectivity index (χ3n) is 2.38. The molecular formula is C11H20N4O. The molecule has 0 aliphatic heterocycles. The lowest BCUT2D eigenvalue weighted by Crippen LogP contribution is -2.49. The molecule has 0 radical (unpaired) electrons. The molecule has 90 valence electrons. The van der Waals surface area contributed by atoms with E-state index in [-0.39, 0.29) is 18.0 Å². The Labute approximate surface area is 96.0 Å². The Morgan fingerprint density at radius 1 is 1.56 bits per heavy atom. The number of aromatic nitrogens is 2. The van der Waals surface area contributed by atoms with Crippen LogP contribution < -0.4 is 11.1 Å². The van der Waals surface area contributed by atoms with Crippen LogP contribution in [0.25, 0.3) is 0 Å². The van der Waals surface area contributed by atoms with Crippen LogP contribution in [0.4, 0.5) is 0 Å². The van der Waals surface area contributed by atoms with E-state index < -0.39 is 0 Å². The van der Waals surface area contributed by atoms with Crippen molar-refractivity contribution in [1.29, 1.82) is 0 Å². The number of rotatable bonds is 4. The van der Waals surface area contributed by atoms with Gasteiger partial charge in [0, 0.05) is 17.8 Å². The van der Waals surface area contributed by atoms with Gasteiger partial charge < -0.3 is 11.1 Å². The standard InChI is InChI=1S/C11H20N4O/c1-8-5-9(2)15(14-8)6-10(16)13-11(3,4)7-12/h5H,6-7,12H2,1-4H3,(H,13,16). The minimum absolute atomic E-state index is 0.0679. The fourth-order valence-corrected chi connectivity index (χ4v) is 1.44. The zero-order valence-corrected chi connectivity index (χ0v) is 10.4. The lowest BCUT2D eigenvalue weighted by molar-refractivity contribution is -0.123. The Balaban J connectivity index is 2.62. The quantitative estimate of drug-likeness (QED) is 0.775. The summed E-state index contributed by atoms with van der Waals surface area (Å²) in [6.45, 7) is 8.28. The molecule has 0 atom stereocenters. The number of carbonyl (C=O) groups is 1. The lowest BCUT2D eigenvalue weighted by atomic mass is 10.1. The summed E-state index contributed by atoms with van der Waals surface area (Å²) >= 11 is 0. The van der Waals surface area contributed by atoms with Gasteiger partial charge in [0.2, 0.25) is 5.91 Å². The predicted octanol–water partition coefficient (Wildman–Crippen LogP) is 0.353. The van der Waals surface area contributed by atoms with Crippen molar-refractivity contribution in [2.75, 3.05) is 6.54 Å². The summed E-state index contributed by atoms with van der Waals surface area (Å²) < 4.78 is 1.69. The van der Waals surface area contributed by atoms with Crippen molar-refractivity contribution in [3.05, 3.63) is 17.5 Å². The van der Waals surface area contributed by atoms with Gasteiger partial charge in [-0.1, -0.05) is 0 Å². The first-order chi connectivity index (χ1) is 7.34. The number of hydrogen-bond donors (Lipinski definition) is 2. The molecule has 0 aliphatic rings. The molecule has 0 saturated carbocycles. The molecule has 1 rings (SSSR count). The SMILES string of the molecule is Cc1cc(C)n(CC(=O)NC(C)(C)CN)n1. The smallest absolute Gasteiger partial charge is 0.242 e. The topological polar surface area (TPSA) is 72.9 Å². The first kappa shape index (κ1) is 12.7. The van der Waals surface area contributed by atoms with Crippen LogP contribution in [0.15, 0.2) is 6.07 Å². The summed E-state index contributed by atoms with van der Waals surface area (Å²) in [5, 5.41) is 7.10. The summed E-state index contributed by atoms with van der Waals surface area (Å²) in [6, 6.07) is 1.95. The Kier molecular flexibility index (Phi) is 3.70. The minimum Gasteiger partial charge on any atom is -0.348 e. The van der Waals surface area contributed by atoms with Gasteiger partial charge in [-0.15, -0.1) is 0 Å². The van der Waals surface area contributed by atoms with E-state index in [1.807, 2.05) is 33.8 Å². The summed E-state index contributed by atoms with van der Waals surface area (Å²) in [5.41, 5.74) is 7.08. The molecule has 1 heterocycles. The van der Waals surface area contributed by atoms with E-state index >= 15 is 0 Å². The largest absolute Gasteiger partial charge is 0.348 e. The first-order valence-electron chi connectivity index (χ1n) is 5.36. The molecule has 0 unspecified atom stereocenters. The summed E-state index contributed by atoms with van der Waals surface area (Å²) in [4.78, 5) is 11.7. The van der Waals surface area contributed by atoms with Crippen molar-refractivity contribution >= 4 is 5.91 Å². The maximum absolute atomic E-state index is 11.7. The molecule has 1 aromatic rings. The Morgan fingerprint density at radius 2 is 2.19 bits per heavy atom. The molecule has 16 heavy (non-hydrogen) atoms. The van der Waals surface area contributed by atoms with E-state index in [1.54, 1.807) is 4.68 Å². The molecule has 1 amide bonds. The average Bonchev–Trinajstić information content (AvgIpc) is 2.44. The van der Waals surface area contributed by atoms with Crippen LogP contribution in [-0.2, 0) is 11.3 Å². The van der Waals surface area contributed by atoms with E-state index in [0.29, 0.717) is 6.54 Å². The van der Waals surface area contributed by atoms with Crippen LogP contribution in [-0.4, -0.2) is 27.8 Å². The summed E-state index contributed by atoms with van der Waals surface area (Å²) in [7, 11) is 0. The fourth-order valence-electron chi connectivity index (χ4n) is 1.44. The zero-order valence-electron chi connectivity index (χ0n) is 10.4. The van der Waals surface area contributed by atoms with Crippen molar-refractivity contribution in [3.8, 4) is 0 Å². The van der Waals surface area contributed by atoms with E-state index in [9.17, 15) is 4.79 Å². The Hall–Kier alpha value is -1.36. The van der Waals surface area contributed by atoms with Crippen molar-refractivity contribution in [3.63, 3.8) is 0 Å². The molecule has 3 N–H and O–H groups in total. The molecule has 0 aliphatic carbocycles. The summed E-state index contributed by atoms with van der Waals surface area (Å²) in [5.74, 6) is -0.0679. The highest BCUT2D eigenvalue weighted by Gasteiger charge is 2.18. The van der Waals surface area contributed by atoms with Crippen LogP contribution >= 0.6 is 0 Å². The van der Waals surface area contributed by atoms with Gasteiger partial charge in [0.1, 0.15) is 6.54 Å². The van der Waals surface area contributed by atoms with Gasteiger partial charge in [-0.25, -0.2) is 0 Å². The number of nitrogens with two attached hydrogens (primary N) is 1. The average molecular weight is 224 g/mol. The van der Waals surface area contributed by atoms with Gasteiger partial charge in [-0.05, 0) is 33.8 Å². The third kappa shape index (κ3) is 3.34. The number of aryl methyl sites for hydroxylation is 2. The van der Waals surface area contributed by atoms with Crippen LogP contribution in [0.1, 0.15) is 25.2 Å². The van der Waals surface area contributed by atoms with Crippen LogP contribution in [0.2, 0.25) is 0 Å². The van der Waals surface area contributed by atoms with Crippen LogP contribution in [0.5, 0.6) is 0 Å². The highest BCUT2D eigenvalue weighted by atomic mass is 16.2. The maximum Gasteiger partial charge on any atom is 0.242 e. The van der Waals surface area contributed by atoms with E-state index in [1.165, 1.54) is 0 Å². The molecule has 5 nitrogen and oxygen atoms in total. The molecule has 0 bridgehead atoms. The molecule has 5 heteroatoms. The Bertz CT molecular complexity index is 381. The minimum atomic E-state index is -0.368. The number of carbonyl (C=O) groups excluding carboxylic acids is 1. The first-order valence-corrected chi connectivity index (χ1v) is 5.36. The monoisotopic (exact) mass is 224 g/mol. The molecule has 0 spiro atoms. The van der Waals surface area contributed by atoms with Gasteiger partial charge in [-0.3, -0.25) is 9.48 Å². The second-order valence-electron chi connectivity index (χ2n) is 4.72. The van der Waals surface area contributed by atoms with Gasteiger partial charge in [-0.2, -0.15) is 5.10 Å². The van der Waals surface area contributed by atoms with E-state index in [4.69, 9.17) is 5.73 Å². The number of hydrogen-bond acceptors (Lipinski definition) is 3. The molecular weight excluding hydrogens is 204 g/mol. The van der Waals surface area contributed by atoms with Crippen molar-refractivity contribution in [1.82, 2.24) is 15.1 Å². The highest BCUT2D eigenvalue weighted by Crippen LogP contribution is 2.03. The third-order valence-corrected chi connectivity index (χ3v) is 2.38. The predicted molar refractivity (Wildman–Crippen MR) is 63.0 cm³/mol. The molecule has 0 fully saturated rings. The second-order valence-corrected chi connectivity index (χ2v) is 4.72. The van der Waals surface area contributed by atoms with Crippen molar-refractivity contribution < 1.29 is 4.79 Å². The van der Waals surface area contributed by atoms with Crippen molar-refractivity contribution in [2.24, 2.45) is 5.73 Å². The molecule has 1 aromatic heterocycles. The summed E-state index contributed by atoms with van der Waals surface area (Å²) in [6.07, 6.45) is 0. The van der Waals surface area contributed by atoms with E-state index in [0.717, 1.165) is 11.4 Å². The lowest BCUT2D eigenvalue weighted by Gasteiger charge is -2.24. The van der Waals surface area contributed by atoms with Gasteiger partial charge in [0.15, 0.2) is 0 Å². The number of nitrogens with one attached hydrogen (secondary N) is 1. The normalized spacial score (nSPS) is 11.6. The Morgan fingerprint density at radius 3 is 2.62 bits per heavy atom. The van der Waals surface area contributed by atoms with Crippen LogP contribution in [0, 0.1) is 13.8 Å². The fraction of sp³-hybridized carbons (Fsp3) is 0.636. The second kappa shape index (κ2) is 4.65. The van der Waals surface area contributed by atoms with Crippen molar-refractivity contribution in [2.45, 2.75) is 39.8 Å². The zero-order chi connectivity index (χ0) is 12.3. The number of amides is 1. The van der Waals surface area contributed by atoms with Gasteiger partial charge in [0.25, 0.3) is 0 Å². The highest BCUT2D eigenvalue weighted by molar-refractivity contribution is 5.76.